The van der Waals surface area contributed by atoms with E-state index in [1.54, 1.807) is 46.2 Å². The smallest absolute Gasteiger partial charge is 0.434 e. The molecule has 6 aromatic rings. The van der Waals surface area contributed by atoms with Gasteiger partial charge in [0.05, 0.1) is 59.5 Å². The van der Waals surface area contributed by atoms with Gasteiger partial charge in [-0.1, -0.05) is 70.7 Å². The summed E-state index contributed by atoms with van der Waals surface area (Å²) in [5.41, 5.74) is -3.26. The lowest BCUT2D eigenvalue weighted by molar-refractivity contribution is -0.146. The van der Waals surface area contributed by atoms with Crippen LogP contribution in [0.5, 0.6) is 11.5 Å². The van der Waals surface area contributed by atoms with Crippen LogP contribution >= 0.6 is 46.4 Å². The van der Waals surface area contributed by atoms with E-state index in [4.69, 9.17) is 55.9 Å². The van der Waals surface area contributed by atoms with Crippen molar-refractivity contribution in [2.75, 3.05) is 76.4 Å². The van der Waals surface area contributed by atoms with Crippen LogP contribution in [0.2, 0.25) is 20.1 Å². The molecule has 0 bridgehead atoms. The molecule has 23 heteroatoms. The minimum atomic E-state index is -5.18. The standard InChI is InChI=1S/C47H42Cl4F8N8O3/c1-69-37-23-27(11-13-31(37)48)62-15-19-64(20-16-62)35(25-66-44(46(54,55)56)39(50)41(60-66)29-7-3-5-9-33(29)52)43(68)36(65-21-17-63(18-22-65)28-12-14-32(49)38(24-28)70-2)26-67-45(47(57,58)59)40(51)42(61-67)30-8-4-6-10-34(30)53/h3-14,23-24,35-36H,15-22,25-26H2,1-2H3. The topological polar surface area (TPSA) is 84.1 Å². The van der Waals surface area contributed by atoms with E-state index in [-0.39, 0.29) is 63.5 Å². The van der Waals surface area contributed by atoms with Gasteiger partial charge in [-0.2, -0.15) is 36.5 Å². The van der Waals surface area contributed by atoms with E-state index in [0.29, 0.717) is 42.3 Å². The van der Waals surface area contributed by atoms with Gasteiger partial charge in [-0.25, -0.2) is 8.78 Å². The second-order valence-electron chi connectivity index (χ2n) is 16.5. The fourth-order valence-electron chi connectivity index (χ4n) is 8.93. The van der Waals surface area contributed by atoms with Crippen LogP contribution in [-0.4, -0.2) is 114 Å². The maximum atomic E-state index is 15.7. The SMILES string of the molecule is COc1cc(N2CCN(C(Cn3nc(-c4ccccc4F)c(Cl)c3C(F)(F)F)C(=O)C(Cn3nc(-c4ccccc4F)c(Cl)c3C(F)(F)F)N3CCN(c4ccc(Cl)c(OC)c4)CC3)CC2)ccc1Cl. The van der Waals surface area contributed by atoms with Crippen LogP contribution in [0.4, 0.5) is 46.5 Å². The van der Waals surface area contributed by atoms with Crippen LogP contribution in [-0.2, 0) is 30.2 Å². The van der Waals surface area contributed by atoms with Gasteiger partial charge in [0.1, 0.15) is 34.5 Å². The number of anilines is 2. The monoisotopic (exact) mass is 1060 g/mol. The van der Waals surface area contributed by atoms with Gasteiger partial charge in [-0.3, -0.25) is 24.0 Å². The number of methoxy groups -OCH3 is 2. The summed E-state index contributed by atoms with van der Waals surface area (Å²) in [5.74, 6) is -1.82. The molecule has 2 aliphatic heterocycles. The van der Waals surface area contributed by atoms with Crippen LogP contribution in [0, 0.1) is 11.6 Å². The number of carbonyl (C=O) groups excluding carboxylic acids is 1. The van der Waals surface area contributed by atoms with E-state index in [0.717, 1.165) is 12.1 Å². The molecule has 2 fully saturated rings. The number of hydrogen-bond donors (Lipinski definition) is 0. The van der Waals surface area contributed by atoms with Crippen molar-refractivity contribution in [2.24, 2.45) is 0 Å². The molecule has 0 amide bonds. The zero-order valence-electron chi connectivity index (χ0n) is 37.1. The first-order valence-corrected chi connectivity index (χ1v) is 23.2. The molecule has 2 aliphatic rings. The molecular formula is C47H42Cl4F8N8O3. The van der Waals surface area contributed by atoms with E-state index < -0.39 is 87.8 Å². The van der Waals surface area contributed by atoms with Crippen molar-refractivity contribution in [1.82, 2.24) is 29.4 Å². The Morgan fingerprint density at radius 2 is 0.929 bits per heavy atom. The number of aromatic nitrogens is 4. The summed E-state index contributed by atoms with van der Waals surface area (Å²) in [7, 11) is 2.91. The quantitative estimate of drug-likeness (QED) is 0.0991. The highest BCUT2D eigenvalue weighted by Gasteiger charge is 2.46. The highest BCUT2D eigenvalue weighted by atomic mass is 35.5. The fraction of sp³-hybridized carbons (Fsp3) is 0.340. The van der Waals surface area contributed by atoms with Crippen LogP contribution in [0.1, 0.15) is 11.4 Å². The maximum Gasteiger partial charge on any atom is 0.434 e. The summed E-state index contributed by atoms with van der Waals surface area (Å²) in [6, 6.07) is 17.1. The zero-order chi connectivity index (χ0) is 50.2. The van der Waals surface area contributed by atoms with Gasteiger partial charge in [-0.05, 0) is 48.5 Å². The van der Waals surface area contributed by atoms with E-state index in [1.165, 1.54) is 50.6 Å². The van der Waals surface area contributed by atoms with Crippen molar-refractivity contribution < 1.29 is 49.4 Å². The van der Waals surface area contributed by atoms with Gasteiger partial charge in [0, 0.05) is 87.0 Å². The Morgan fingerprint density at radius 1 is 0.571 bits per heavy atom. The molecule has 70 heavy (non-hydrogen) atoms. The number of ether oxygens (including phenoxy) is 2. The summed E-state index contributed by atoms with van der Waals surface area (Å²) in [4.78, 5) is 22.9. The Kier molecular flexibility index (Phi) is 15.2. The van der Waals surface area contributed by atoms with Crippen molar-refractivity contribution in [3.63, 3.8) is 0 Å². The van der Waals surface area contributed by atoms with Gasteiger partial charge in [-0.15, -0.1) is 0 Å². The van der Waals surface area contributed by atoms with Crippen LogP contribution in [0.15, 0.2) is 84.9 Å². The van der Waals surface area contributed by atoms with Gasteiger partial charge in [0.2, 0.25) is 0 Å². The number of benzene rings is 4. The number of rotatable bonds is 14. The predicted molar refractivity (Wildman–Crippen MR) is 251 cm³/mol. The first-order chi connectivity index (χ1) is 33.3. The van der Waals surface area contributed by atoms with Gasteiger partial charge < -0.3 is 19.3 Å². The highest BCUT2D eigenvalue weighted by Crippen LogP contribution is 2.43. The van der Waals surface area contributed by atoms with Crippen molar-refractivity contribution in [1.29, 1.82) is 0 Å². The number of alkyl halides is 6. The first-order valence-electron chi connectivity index (χ1n) is 21.6. The molecule has 0 N–H and O–H groups in total. The molecule has 4 aromatic carbocycles. The summed E-state index contributed by atoms with van der Waals surface area (Å²) in [6.07, 6.45) is -10.4. The van der Waals surface area contributed by atoms with Crippen molar-refractivity contribution in [3.05, 3.63) is 128 Å². The third kappa shape index (κ3) is 10.5. The lowest BCUT2D eigenvalue weighted by Crippen LogP contribution is -2.61. The van der Waals surface area contributed by atoms with Crippen LogP contribution in [0.25, 0.3) is 22.5 Å². The molecule has 8 rings (SSSR count). The lowest BCUT2D eigenvalue weighted by Gasteiger charge is -2.44. The summed E-state index contributed by atoms with van der Waals surface area (Å²) in [6.45, 7) is -0.450. The Labute approximate surface area is 416 Å². The Bertz CT molecular complexity index is 2680. The van der Waals surface area contributed by atoms with E-state index in [9.17, 15) is 0 Å². The third-order valence-corrected chi connectivity index (χ3v) is 13.8. The number of nitrogens with zero attached hydrogens (tertiary/aromatic N) is 8. The summed E-state index contributed by atoms with van der Waals surface area (Å²) >= 11 is 25.5. The molecule has 0 aliphatic carbocycles. The van der Waals surface area contributed by atoms with Gasteiger partial charge in [0.25, 0.3) is 0 Å². The molecule has 2 unspecified atom stereocenters. The highest BCUT2D eigenvalue weighted by molar-refractivity contribution is 6.34. The Balaban J connectivity index is 1.23. The lowest BCUT2D eigenvalue weighted by atomic mass is 9.99. The Hall–Kier alpha value is -5.31. The predicted octanol–water partition coefficient (Wildman–Crippen LogP) is 11.0. The first kappa shape index (κ1) is 51.1. The molecule has 0 spiro atoms. The number of hydrogen-bond acceptors (Lipinski definition) is 9. The number of halogens is 12. The normalized spacial score (nSPS) is 16.1. The minimum absolute atomic E-state index is 0.0651. The third-order valence-electron chi connectivity index (χ3n) is 12.4. The second-order valence-corrected chi connectivity index (χ2v) is 18.0. The van der Waals surface area contributed by atoms with Crippen LogP contribution < -0.4 is 19.3 Å². The molecule has 2 aromatic heterocycles. The fourth-order valence-corrected chi connectivity index (χ4v) is 10.0. The number of ketones is 1. The summed E-state index contributed by atoms with van der Waals surface area (Å²) in [5, 5.41) is 7.25. The van der Waals surface area contributed by atoms with Crippen molar-refractivity contribution >= 4 is 63.6 Å². The second kappa shape index (κ2) is 20.8. The largest absolute Gasteiger partial charge is 0.495 e. The minimum Gasteiger partial charge on any atom is -0.495 e. The Morgan fingerprint density at radius 3 is 1.26 bits per heavy atom. The van der Waals surface area contributed by atoms with E-state index >= 15 is 39.9 Å². The van der Waals surface area contributed by atoms with E-state index in [2.05, 4.69) is 10.2 Å². The molecule has 0 saturated carbocycles. The summed E-state index contributed by atoms with van der Waals surface area (Å²) < 4.78 is 133. The van der Waals surface area contributed by atoms with Crippen molar-refractivity contribution in [2.45, 2.75) is 37.5 Å². The molecular weight excluding hydrogens is 1020 g/mol. The molecule has 4 heterocycles. The molecule has 11 nitrogen and oxygen atoms in total. The molecule has 372 valence electrons. The maximum absolute atomic E-state index is 15.7. The zero-order valence-corrected chi connectivity index (χ0v) is 40.2. The van der Waals surface area contributed by atoms with Crippen LogP contribution in [0.3, 0.4) is 0 Å². The molecule has 2 atom stereocenters. The van der Waals surface area contributed by atoms with Gasteiger partial charge in [0.15, 0.2) is 17.2 Å². The average molecular weight is 1060 g/mol. The number of carbonyl (C=O) groups is 1. The van der Waals surface area contributed by atoms with Crippen molar-refractivity contribution in [3.8, 4) is 34.0 Å². The number of Topliss-reactive ketones (excluding diaryl/α,β-unsaturated/α-hetero) is 1. The molecule has 2 saturated heterocycles. The number of piperazine rings is 2. The van der Waals surface area contributed by atoms with Gasteiger partial charge >= 0.3 is 12.4 Å². The molecule has 0 radical (unpaired) electrons. The average Bonchev–Trinajstić information content (AvgIpc) is 3.85. The van der Waals surface area contributed by atoms with E-state index in [1.807, 2.05) is 9.80 Å².